The molecule has 6 nitrogen and oxygen atoms in total. The van der Waals surface area contributed by atoms with Gasteiger partial charge in [-0.2, -0.15) is 0 Å². The summed E-state index contributed by atoms with van der Waals surface area (Å²) < 4.78 is 0. The maximum absolute atomic E-state index is 4.78. The van der Waals surface area contributed by atoms with Crippen molar-refractivity contribution in [2.24, 2.45) is 0 Å². The van der Waals surface area contributed by atoms with Gasteiger partial charge in [0.05, 0.1) is 11.3 Å². The predicted molar refractivity (Wildman–Crippen MR) is 99.2 cm³/mol. The number of benzene rings is 1. The molecule has 0 spiro atoms. The Morgan fingerprint density at radius 1 is 1.08 bits per heavy atom. The van der Waals surface area contributed by atoms with E-state index in [0.29, 0.717) is 5.82 Å². The molecule has 1 aliphatic rings. The summed E-state index contributed by atoms with van der Waals surface area (Å²) in [6.45, 7) is 2.77. The molecule has 3 aromatic heterocycles. The number of hydrogen-bond donors (Lipinski definition) is 1. The van der Waals surface area contributed by atoms with Gasteiger partial charge in [-0.05, 0) is 35.1 Å². The van der Waals surface area contributed by atoms with Crippen LogP contribution in [0.25, 0.3) is 22.3 Å². The lowest BCUT2D eigenvalue weighted by Gasteiger charge is -2.28. The molecule has 0 bridgehead atoms. The van der Waals surface area contributed by atoms with Gasteiger partial charge in [0.15, 0.2) is 5.82 Å². The van der Waals surface area contributed by atoms with E-state index >= 15 is 0 Å². The monoisotopic (exact) mass is 342 g/mol. The van der Waals surface area contributed by atoms with E-state index in [4.69, 9.17) is 4.98 Å². The van der Waals surface area contributed by atoms with Gasteiger partial charge in [0.25, 0.3) is 0 Å². The van der Waals surface area contributed by atoms with E-state index in [2.05, 4.69) is 49.1 Å². The van der Waals surface area contributed by atoms with Crippen molar-refractivity contribution in [3.05, 3.63) is 72.2 Å². The molecular formula is C20H18N6. The summed E-state index contributed by atoms with van der Waals surface area (Å²) in [5.41, 5.74) is 5.69. The van der Waals surface area contributed by atoms with Crippen molar-refractivity contribution in [1.29, 1.82) is 0 Å². The van der Waals surface area contributed by atoms with Gasteiger partial charge in [-0.3, -0.25) is 4.90 Å². The van der Waals surface area contributed by atoms with E-state index in [1.54, 1.807) is 12.4 Å². The highest BCUT2D eigenvalue weighted by Gasteiger charge is 2.19. The van der Waals surface area contributed by atoms with E-state index in [0.717, 1.165) is 37.3 Å². The Hall–Kier alpha value is -3.12. The minimum atomic E-state index is 0.694. The lowest BCUT2D eigenvalue weighted by molar-refractivity contribution is 0.241. The molecule has 4 aromatic rings. The predicted octanol–water partition coefficient (Wildman–Crippen LogP) is 2.97. The maximum Gasteiger partial charge on any atom is 0.162 e. The molecular weight excluding hydrogens is 324 g/mol. The highest BCUT2D eigenvalue weighted by atomic mass is 15.1. The summed E-state index contributed by atoms with van der Waals surface area (Å²) in [7, 11) is 0. The fourth-order valence-corrected chi connectivity index (χ4v) is 3.50. The van der Waals surface area contributed by atoms with Crippen molar-refractivity contribution in [3.8, 4) is 11.4 Å². The SMILES string of the molecule is c1ncc(-c2ncc3c(n2)CN(Cc2ccc4cc[nH]c4c2)CC3)cn1. The van der Waals surface area contributed by atoms with Crippen LogP contribution in [-0.4, -0.2) is 36.4 Å². The number of fused-ring (bicyclic) bond motifs is 2. The Morgan fingerprint density at radius 2 is 2.00 bits per heavy atom. The summed E-state index contributed by atoms with van der Waals surface area (Å²) in [5, 5.41) is 1.25. The van der Waals surface area contributed by atoms with E-state index in [1.165, 1.54) is 28.4 Å². The number of aromatic amines is 1. The third-order valence-electron chi connectivity index (χ3n) is 4.87. The second-order valence-corrected chi connectivity index (χ2v) is 6.65. The zero-order chi connectivity index (χ0) is 17.3. The van der Waals surface area contributed by atoms with E-state index in [1.807, 2.05) is 12.4 Å². The quantitative estimate of drug-likeness (QED) is 0.620. The van der Waals surface area contributed by atoms with Crippen molar-refractivity contribution in [1.82, 2.24) is 29.8 Å². The number of rotatable bonds is 3. The van der Waals surface area contributed by atoms with Gasteiger partial charge in [-0.15, -0.1) is 0 Å². The summed E-state index contributed by atoms with van der Waals surface area (Å²) >= 11 is 0. The summed E-state index contributed by atoms with van der Waals surface area (Å²) in [6, 6.07) is 8.71. The average molecular weight is 342 g/mol. The highest BCUT2D eigenvalue weighted by molar-refractivity contribution is 5.79. The Balaban J connectivity index is 1.38. The third-order valence-corrected chi connectivity index (χ3v) is 4.87. The molecule has 0 radical (unpaired) electrons. The molecule has 128 valence electrons. The smallest absolute Gasteiger partial charge is 0.162 e. The largest absolute Gasteiger partial charge is 0.361 e. The fourth-order valence-electron chi connectivity index (χ4n) is 3.50. The Labute approximate surface area is 151 Å². The second-order valence-electron chi connectivity index (χ2n) is 6.65. The van der Waals surface area contributed by atoms with Crippen LogP contribution in [0, 0.1) is 0 Å². The molecule has 1 aromatic carbocycles. The minimum Gasteiger partial charge on any atom is -0.361 e. The first kappa shape index (κ1) is 15.2. The normalized spacial score (nSPS) is 14.5. The van der Waals surface area contributed by atoms with Crippen molar-refractivity contribution >= 4 is 10.9 Å². The molecule has 1 aliphatic heterocycles. The number of hydrogen-bond acceptors (Lipinski definition) is 5. The molecule has 0 amide bonds. The maximum atomic E-state index is 4.78. The lowest BCUT2D eigenvalue weighted by Crippen LogP contribution is -2.31. The lowest BCUT2D eigenvalue weighted by atomic mass is 10.1. The molecule has 6 heteroatoms. The molecule has 5 rings (SSSR count). The zero-order valence-corrected chi connectivity index (χ0v) is 14.3. The van der Waals surface area contributed by atoms with Gasteiger partial charge < -0.3 is 4.98 Å². The molecule has 0 aliphatic carbocycles. The standard InChI is InChI=1S/C20H18N6/c1-2-15-3-5-23-18(15)7-14(1)11-26-6-4-16-10-24-20(25-19(16)12-26)17-8-21-13-22-9-17/h1-3,5,7-10,13,23H,4,6,11-12H2. The van der Waals surface area contributed by atoms with Crippen LogP contribution >= 0.6 is 0 Å². The van der Waals surface area contributed by atoms with Crippen LogP contribution in [0.2, 0.25) is 0 Å². The highest BCUT2D eigenvalue weighted by Crippen LogP contribution is 2.22. The van der Waals surface area contributed by atoms with Crippen LogP contribution in [-0.2, 0) is 19.5 Å². The first-order chi connectivity index (χ1) is 12.8. The first-order valence-electron chi connectivity index (χ1n) is 8.74. The van der Waals surface area contributed by atoms with Gasteiger partial charge in [-0.25, -0.2) is 19.9 Å². The number of nitrogens with one attached hydrogen (secondary N) is 1. The van der Waals surface area contributed by atoms with Crippen molar-refractivity contribution < 1.29 is 0 Å². The van der Waals surface area contributed by atoms with Crippen LogP contribution in [0.15, 0.2) is 55.4 Å². The summed E-state index contributed by atoms with van der Waals surface area (Å²) in [6.07, 6.45) is 9.93. The van der Waals surface area contributed by atoms with Gasteiger partial charge >= 0.3 is 0 Å². The zero-order valence-electron chi connectivity index (χ0n) is 14.3. The second kappa shape index (κ2) is 6.31. The molecule has 26 heavy (non-hydrogen) atoms. The molecule has 0 unspecified atom stereocenters. The summed E-state index contributed by atoms with van der Waals surface area (Å²) in [4.78, 5) is 23.1. The number of aromatic nitrogens is 5. The Bertz CT molecular complexity index is 1060. The van der Waals surface area contributed by atoms with E-state index < -0.39 is 0 Å². The molecule has 4 heterocycles. The van der Waals surface area contributed by atoms with Gasteiger partial charge in [0, 0.05) is 49.9 Å². The number of nitrogens with zero attached hydrogens (tertiary/aromatic N) is 5. The molecule has 0 saturated heterocycles. The molecule has 0 fully saturated rings. The minimum absolute atomic E-state index is 0.694. The van der Waals surface area contributed by atoms with Gasteiger partial charge in [-0.1, -0.05) is 12.1 Å². The fraction of sp³-hybridized carbons (Fsp3) is 0.200. The Kier molecular flexibility index (Phi) is 3.68. The Morgan fingerprint density at radius 3 is 2.92 bits per heavy atom. The van der Waals surface area contributed by atoms with Gasteiger partial charge in [0.2, 0.25) is 0 Å². The van der Waals surface area contributed by atoms with E-state index in [-0.39, 0.29) is 0 Å². The van der Waals surface area contributed by atoms with Crippen LogP contribution in [0.3, 0.4) is 0 Å². The molecule has 1 N–H and O–H groups in total. The molecule has 0 saturated carbocycles. The number of H-pyrrole nitrogens is 1. The topological polar surface area (TPSA) is 70.6 Å². The average Bonchev–Trinajstić information content (AvgIpc) is 3.16. The van der Waals surface area contributed by atoms with Crippen molar-refractivity contribution in [3.63, 3.8) is 0 Å². The first-order valence-corrected chi connectivity index (χ1v) is 8.74. The van der Waals surface area contributed by atoms with Crippen molar-refractivity contribution in [2.75, 3.05) is 6.54 Å². The van der Waals surface area contributed by atoms with Crippen molar-refractivity contribution in [2.45, 2.75) is 19.5 Å². The summed E-state index contributed by atoms with van der Waals surface area (Å²) in [5.74, 6) is 0.694. The third kappa shape index (κ3) is 2.84. The van der Waals surface area contributed by atoms with Crippen LogP contribution in [0.4, 0.5) is 0 Å². The van der Waals surface area contributed by atoms with Crippen LogP contribution < -0.4 is 0 Å². The van der Waals surface area contributed by atoms with E-state index in [9.17, 15) is 0 Å². The van der Waals surface area contributed by atoms with Gasteiger partial charge in [0.1, 0.15) is 6.33 Å². The molecule has 0 atom stereocenters. The van der Waals surface area contributed by atoms with Crippen LogP contribution in [0.1, 0.15) is 16.8 Å². The van der Waals surface area contributed by atoms with Crippen LogP contribution in [0.5, 0.6) is 0 Å².